The van der Waals surface area contributed by atoms with Crippen molar-refractivity contribution in [3.05, 3.63) is 0 Å². The largest absolute Gasteiger partial charge is 0.350 e. The molecular weight excluding hydrogens is 286 g/mol. The second-order valence-corrected chi connectivity index (χ2v) is 7.00. The van der Waals surface area contributed by atoms with Crippen LogP contribution in [0.3, 0.4) is 0 Å². The molecule has 0 bridgehead atoms. The summed E-state index contributed by atoms with van der Waals surface area (Å²) in [6, 6.07) is -1.82. The van der Waals surface area contributed by atoms with Crippen molar-refractivity contribution in [3.8, 4) is 0 Å². The molecule has 7 heteroatoms. The van der Waals surface area contributed by atoms with Crippen molar-refractivity contribution >= 4 is 17.8 Å². The molecule has 3 N–H and O–H groups in total. The Bertz CT molecular complexity index is 427. The van der Waals surface area contributed by atoms with Gasteiger partial charge in [-0.1, -0.05) is 27.7 Å². The number of nitrogens with zero attached hydrogens (tertiary/aromatic N) is 1. The van der Waals surface area contributed by atoms with Crippen LogP contribution in [0, 0.1) is 5.41 Å². The quantitative estimate of drug-likeness (QED) is 0.534. The van der Waals surface area contributed by atoms with Crippen LogP contribution in [0.4, 0.5) is 4.79 Å². The van der Waals surface area contributed by atoms with Gasteiger partial charge in [-0.2, -0.15) is 0 Å². The lowest BCUT2D eigenvalue weighted by Crippen LogP contribution is -2.55. The van der Waals surface area contributed by atoms with Crippen LogP contribution in [-0.2, 0) is 9.59 Å². The molecule has 0 saturated carbocycles. The van der Waals surface area contributed by atoms with E-state index in [1.807, 2.05) is 20.8 Å². The van der Waals surface area contributed by atoms with Gasteiger partial charge in [0.2, 0.25) is 5.91 Å². The summed E-state index contributed by atoms with van der Waals surface area (Å²) in [5, 5.41) is 14.9. The van der Waals surface area contributed by atoms with Crippen molar-refractivity contribution in [2.24, 2.45) is 5.41 Å². The maximum Gasteiger partial charge on any atom is 0.349 e. The molecule has 128 valence electrons. The fourth-order valence-corrected chi connectivity index (χ4v) is 1.55. The first-order valence-corrected chi connectivity index (χ1v) is 7.51. The molecule has 0 saturated heterocycles. The van der Waals surface area contributed by atoms with Gasteiger partial charge in [-0.05, 0) is 33.6 Å². The number of amides is 4. The number of nitrogens with one attached hydrogen (secondary N) is 2. The van der Waals surface area contributed by atoms with E-state index in [9.17, 15) is 19.6 Å². The average molecular weight is 315 g/mol. The van der Waals surface area contributed by atoms with Crippen molar-refractivity contribution < 1.29 is 19.6 Å². The van der Waals surface area contributed by atoms with E-state index in [1.54, 1.807) is 27.7 Å². The maximum atomic E-state index is 12.1. The summed E-state index contributed by atoms with van der Waals surface area (Å²) >= 11 is 0. The van der Waals surface area contributed by atoms with Crippen molar-refractivity contribution in [1.82, 2.24) is 15.7 Å². The standard InChI is InChI=1S/C15H29N3O4/c1-8-10(11(19)17-14(3,4)5)16-13(21)18(22)12(20)15(6,7)9-2/h10,22H,8-9H2,1-7H3,(H,16,21)(H,17,19). The van der Waals surface area contributed by atoms with Gasteiger partial charge in [-0.25, -0.2) is 4.79 Å². The van der Waals surface area contributed by atoms with Gasteiger partial charge in [-0.15, -0.1) is 5.06 Å². The molecule has 0 aromatic carbocycles. The lowest BCUT2D eigenvalue weighted by molar-refractivity contribution is -0.163. The summed E-state index contributed by atoms with van der Waals surface area (Å²) in [5.41, 5.74) is -1.30. The summed E-state index contributed by atoms with van der Waals surface area (Å²) in [7, 11) is 0. The smallest absolute Gasteiger partial charge is 0.349 e. The molecule has 0 radical (unpaired) electrons. The fraction of sp³-hybridized carbons (Fsp3) is 0.800. The van der Waals surface area contributed by atoms with Crippen LogP contribution in [0.1, 0.15) is 61.3 Å². The van der Waals surface area contributed by atoms with Crippen molar-refractivity contribution in [2.75, 3.05) is 0 Å². The first-order valence-electron chi connectivity index (χ1n) is 7.51. The van der Waals surface area contributed by atoms with E-state index in [-0.39, 0.29) is 11.0 Å². The Kier molecular flexibility index (Phi) is 7.02. The second kappa shape index (κ2) is 7.58. The van der Waals surface area contributed by atoms with Crippen LogP contribution < -0.4 is 10.6 Å². The Morgan fingerprint density at radius 2 is 1.59 bits per heavy atom. The van der Waals surface area contributed by atoms with Crippen LogP contribution in [0.5, 0.6) is 0 Å². The van der Waals surface area contributed by atoms with Crippen LogP contribution in [0.25, 0.3) is 0 Å². The van der Waals surface area contributed by atoms with E-state index in [1.165, 1.54) is 0 Å². The number of rotatable bonds is 5. The van der Waals surface area contributed by atoms with Crippen LogP contribution in [-0.4, -0.2) is 39.7 Å². The SMILES string of the molecule is CCC(NC(=O)N(O)C(=O)C(C)(C)CC)C(=O)NC(C)(C)C. The van der Waals surface area contributed by atoms with Gasteiger partial charge in [0.1, 0.15) is 6.04 Å². The third-order valence-electron chi connectivity index (χ3n) is 3.37. The first kappa shape index (κ1) is 20.4. The highest BCUT2D eigenvalue weighted by Crippen LogP contribution is 2.22. The molecule has 0 aliphatic rings. The molecule has 1 atom stereocenters. The highest BCUT2D eigenvalue weighted by atomic mass is 16.5. The van der Waals surface area contributed by atoms with Crippen LogP contribution >= 0.6 is 0 Å². The van der Waals surface area contributed by atoms with Gasteiger partial charge >= 0.3 is 6.03 Å². The molecule has 0 rings (SSSR count). The number of hydrogen-bond donors (Lipinski definition) is 3. The van der Waals surface area contributed by atoms with E-state index in [2.05, 4.69) is 10.6 Å². The van der Waals surface area contributed by atoms with E-state index < -0.39 is 28.9 Å². The normalized spacial score (nSPS) is 13.3. The number of carbonyl (C=O) groups is 3. The van der Waals surface area contributed by atoms with Crippen LogP contribution in [0.15, 0.2) is 0 Å². The van der Waals surface area contributed by atoms with Crippen molar-refractivity contribution in [1.29, 1.82) is 0 Å². The minimum Gasteiger partial charge on any atom is -0.350 e. The zero-order valence-corrected chi connectivity index (χ0v) is 14.6. The number of hydroxylamine groups is 2. The Labute approximate surface area is 132 Å². The zero-order valence-electron chi connectivity index (χ0n) is 14.6. The number of carbonyl (C=O) groups excluding carboxylic acids is 3. The predicted octanol–water partition coefficient (Wildman–Crippen LogP) is 2.04. The molecule has 0 heterocycles. The van der Waals surface area contributed by atoms with Gasteiger partial charge in [0.25, 0.3) is 5.91 Å². The summed E-state index contributed by atoms with van der Waals surface area (Å²) in [4.78, 5) is 36.0. The van der Waals surface area contributed by atoms with E-state index in [4.69, 9.17) is 0 Å². The lowest BCUT2D eigenvalue weighted by atomic mass is 9.89. The minimum atomic E-state index is -0.998. The number of hydrogen-bond acceptors (Lipinski definition) is 4. The highest BCUT2D eigenvalue weighted by Gasteiger charge is 2.34. The Hall–Kier alpha value is -1.63. The Morgan fingerprint density at radius 1 is 1.09 bits per heavy atom. The highest BCUT2D eigenvalue weighted by molar-refractivity contribution is 5.97. The molecule has 0 aliphatic carbocycles. The van der Waals surface area contributed by atoms with Gasteiger partial charge in [0.05, 0.1) is 0 Å². The van der Waals surface area contributed by atoms with E-state index in [0.29, 0.717) is 12.8 Å². The third-order valence-corrected chi connectivity index (χ3v) is 3.37. The van der Waals surface area contributed by atoms with Gasteiger partial charge in [-0.3, -0.25) is 14.8 Å². The molecule has 0 fully saturated rings. The second-order valence-electron chi connectivity index (χ2n) is 7.00. The molecule has 1 unspecified atom stereocenters. The van der Waals surface area contributed by atoms with Gasteiger partial charge < -0.3 is 10.6 Å². The third kappa shape index (κ3) is 6.01. The Morgan fingerprint density at radius 3 is 1.95 bits per heavy atom. The van der Waals surface area contributed by atoms with Crippen molar-refractivity contribution in [3.63, 3.8) is 0 Å². The molecule has 0 spiro atoms. The minimum absolute atomic E-state index is 0.0521. The average Bonchev–Trinajstić information content (AvgIpc) is 2.40. The summed E-state index contributed by atoms with van der Waals surface area (Å²) < 4.78 is 0. The fourth-order valence-electron chi connectivity index (χ4n) is 1.55. The Balaban J connectivity index is 4.87. The topological polar surface area (TPSA) is 98.7 Å². The van der Waals surface area contributed by atoms with E-state index in [0.717, 1.165) is 0 Å². The lowest BCUT2D eigenvalue weighted by Gasteiger charge is -2.28. The predicted molar refractivity (Wildman–Crippen MR) is 83.2 cm³/mol. The number of urea groups is 1. The maximum absolute atomic E-state index is 12.1. The summed E-state index contributed by atoms with van der Waals surface area (Å²) in [5.74, 6) is -1.07. The first-order chi connectivity index (χ1) is 9.85. The molecule has 0 aromatic heterocycles. The zero-order chi connectivity index (χ0) is 17.7. The summed E-state index contributed by atoms with van der Waals surface area (Å²) in [6.45, 7) is 12.3. The van der Waals surface area contributed by atoms with Crippen LogP contribution in [0.2, 0.25) is 0 Å². The van der Waals surface area contributed by atoms with Crippen molar-refractivity contribution in [2.45, 2.75) is 72.9 Å². The molecule has 22 heavy (non-hydrogen) atoms. The van der Waals surface area contributed by atoms with Gasteiger partial charge in [0, 0.05) is 11.0 Å². The molecule has 7 nitrogen and oxygen atoms in total. The molecule has 0 aromatic rings. The molecule has 0 aliphatic heterocycles. The molecular formula is C15H29N3O4. The van der Waals surface area contributed by atoms with Gasteiger partial charge in [0.15, 0.2) is 0 Å². The summed E-state index contributed by atoms with van der Waals surface area (Å²) in [6.07, 6.45) is 0.810. The monoisotopic (exact) mass is 315 g/mol. The van der Waals surface area contributed by atoms with E-state index >= 15 is 0 Å². The number of imide groups is 1. The molecule has 4 amide bonds.